The number of rotatable bonds is 6. The highest BCUT2D eigenvalue weighted by atomic mass is 16.5. The van der Waals surface area contributed by atoms with Gasteiger partial charge in [-0.1, -0.05) is 23.4 Å². The Balaban J connectivity index is 1.45. The molecule has 0 atom stereocenters. The molecule has 8 heteroatoms. The molecule has 2 aromatic heterocycles. The molecular formula is C23H31N7O. The highest BCUT2D eigenvalue weighted by Crippen LogP contribution is 2.18. The molecule has 1 aliphatic rings. The quantitative estimate of drug-likeness (QED) is 0.487. The van der Waals surface area contributed by atoms with E-state index in [9.17, 15) is 0 Å². The van der Waals surface area contributed by atoms with Crippen LogP contribution in [0.4, 0.5) is 0 Å². The SMILES string of the molecule is CCNC(=NCc1ccccc1-n1nc(C)cc1C)N1CCN(Cc2ccon2)CC1. The van der Waals surface area contributed by atoms with Crippen molar-refractivity contribution in [3.63, 3.8) is 0 Å². The summed E-state index contributed by atoms with van der Waals surface area (Å²) in [6.45, 7) is 12.3. The van der Waals surface area contributed by atoms with Crippen LogP contribution in [0.1, 0.15) is 29.6 Å². The molecule has 3 aromatic rings. The third-order valence-corrected chi connectivity index (χ3v) is 5.51. The number of aliphatic imine (C=N–C) groups is 1. The van der Waals surface area contributed by atoms with E-state index in [2.05, 4.69) is 69.6 Å². The summed E-state index contributed by atoms with van der Waals surface area (Å²) < 4.78 is 6.96. The largest absolute Gasteiger partial charge is 0.364 e. The molecule has 0 unspecified atom stereocenters. The monoisotopic (exact) mass is 421 g/mol. The van der Waals surface area contributed by atoms with Gasteiger partial charge >= 0.3 is 0 Å². The van der Waals surface area contributed by atoms with Gasteiger partial charge in [0.1, 0.15) is 6.26 Å². The molecule has 3 heterocycles. The van der Waals surface area contributed by atoms with E-state index >= 15 is 0 Å². The summed E-state index contributed by atoms with van der Waals surface area (Å²) in [5.41, 5.74) is 5.38. The molecule has 0 bridgehead atoms. The number of benzene rings is 1. The maximum absolute atomic E-state index is 4.98. The Morgan fingerprint density at radius 2 is 1.94 bits per heavy atom. The Hall–Kier alpha value is -3.13. The van der Waals surface area contributed by atoms with E-state index in [1.807, 2.05) is 17.7 Å². The summed E-state index contributed by atoms with van der Waals surface area (Å²) in [5, 5.41) is 12.1. The van der Waals surface area contributed by atoms with Crippen LogP contribution in [0.3, 0.4) is 0 Å². The smallest absolute Gasteiger partial charge is 0.194 e. The minimum Gasteiger partial charge on any atom is -0.364 e. The van der Waals surface area contributed by atoms with Crippen LogP contribution in [-0.2, 0) is 13.1 Å². The average Bonchev–Trinajstić information content (AvgIpc) is 3.41. The topological polar surface area (TPSA) is 74.7 Å². The summed E-state index contributed by atoms with van der Waals surface area (Å²) in [6.07, 6.45) is 1.63. The Labute approximate surface area is 183 Å². The van der Waals surface area contributed by atoms with Crippen LogP contribution < -0.4 is 5.32 Å². The fourth-order valence-corrected chi connectivity index (χ4v) is 3.98. The number of aryl methyl sites for hydroxylation is 2. The van der Waals surface area contributed by atoms with Gasteiger partial charge in [0.2, 0.25) is 0 Å². The van der Waals surface area contributed by atoms with Crippen molar-refractivity contribution in [3.05, 3.63) is 65.3 Å². The molecular weight excluding hydrogens is 390 g/mol. The van der Waals surface area contributed by atoms with Crippen molar-refractivity contribution in [2.24, 2.45) is 4.99 Å². The molecule has 1 aliphatic heterocycles. The predicted molar refractivity (Wildman–Crippen MR) is 121 cm³/mol. The zero-order valence-electron chi connectivity index (χ0n) is 18.6. The Morgan fingerprint density at radius 1 is 1.13 bits per heavy atom. The van der Waals surface area contributed by atoms with E-state index in [1.54, 1.807) is 6.26 Å². The first-order chi connectivity index (χ1) is 15.1. The lowest BCUT2D eigenvalue weighted by atomic mass is 10.2. The third-order valence-electron chi connectivity index (χ3n) is 5.51. The summed E-state index contributed by atoms with van der Waals surface area (Å²) in [4.78, 5) is 9.72. The van der Waals surface area contributed by atoms with Crippen molar-refractivity contribution in [1.29, 1.82) is 0 Å². The van der Waals surface area contributed by atoms with Crippen LogP contribution in [0.2, 0.25) is 0 Å². The molecule has 1 saturated heterocycles. The van der Waals surface area contributed by atoms with Crippen molar-refractivity contribution < 1.29 is 4.52 Å². The summed E-state index contributed by atoms with van der Waals surface area (Å²) in [6, 6.07) is 12.4. The number of hydrogen-bond donors (Lipinski definition) is 1. The Morgan fingerprint density at radius 3 is 2.61 bits per heavy atom. The molecule has 8 nitrogen and oxygen atoms in total. The van der Waals surface area contributed by atoms with Crippen LogP contribution in [0.25, 0.3) is 5.69 Å². The van der Waals surface area contributed by atoms with E-state index in [4.69, 9.17) is 9.52 Å². The standard InChI is InChI=1S/C23H31N7O/c1-4-24-23(29-12-10-28(11-13-29)17-21-9-14-31-27-21)25-16-20-7-5-6-8-22(20)30-19(3)15-18(2)26-30/h5-9,14-15H,4,10-13,16-17H2,1-3H3,(H,24,25). The highest BCUT2D eigenvalue weighted by molar-refractivity contribution is 5.80. The average molecular weight is 422 g/mol. The van der Waals surface area contributed by atoms with Gasteiger partial charge in [-0.2, -0.15) is 5.10 Å². The molecule has 0 radical (unpaired) electrons. The lowest BCUT2D eigenvalue weighted by Crippen LogP contribution is -2.52. The number of aromatic nitrogens is 3. The lowest BCUT2D eigenvalue weighted by Gasteiger charge is -2.36. The van der Waals surface area contributed by atoms with Gasteiger partial charge < -0.3 is 14.7 Å². The number of nitrogens with zero attached hydrogens (tertiary/aromatic N) is 6. The van der Waals surface area contributed by atoms with Gasteiger partial charge in [-0.05, 0) is 38.5 Å². The van der Waals surface area contributed by atoms with Gasteiger partial charge in [-0.3, -0.25) is 4.90 Å². The van der Waals surface area contributed by atoms with Crippen molar-refractivity contribution >= 4 is 5.96 Å². The molecule has 164 valence electrons. The lowest BCUT2D eigenvalue weighted by molar-refractivity contribution is 0.169. The van der Waals surface area contributed by atoms with E-state index < -0.39 is 0 Å². The third kappa shape index (κ3) is 5.14. The van der Waals surface area contributed by atoms with E-state index in [0.29, 0.717) is 6.54 Å². The molecule has 31 heavy (non-hydrogen) atoms. The van der Waals surface area contributed by atoms with Crippen LogP contribution in [0, 0.1) is 13.8 Å². The molecule has 0 amide bonds. The first-order valence-electron chi connectivity index (χ1n) is 10.9. The van der Waals surface area contributed by atoms with Gasteiger partial charge in [0.15, 0.2) is 5.96 Å². The number of piperazine rings is 1. The van der Waals surface area contributed by atoms with Gasteiger partial charge in [-0.25, -0.2) is 9.67 Å². The molecule has 1 N–H and O–H groups in total. The zero-order chi connectivity index (χ0) is 21.6. The molecule has 0 spiro atoms. The predicted octanol–water partition coefficient (Wildman–Crippen LogP) is 2.76. The molecule has 0 saturated carbocycles. The van der Waals surface area contributed by atoms with Crippen molar-refractivity contribution in [1.82, 2.24) is 30.1 Å². The summed E-state index contributed by atoms with van der Waals surface area (Å²) in [5.74, 6) is 0.965. The number of nitrogens with one attached hydrogen (secondary N) is 1. The maximum Gasteiger partial charge on any atom is 0.194 e. The van der Waals surface area contributed by atoms with Crippen LogP contribution >= 0.6 is 0 Å². The van der Waals surface area contributed by atoms with E-state index in [-0.39, 0.29) is 0 Å². The summed E-state index contributed by atoms with van der Waals surface area (Å²) in [7, 11) is 0. The first kappa shape index (κ1) is 21.1. The van der Waals surface area contributed by atoms with Crippen molar-refractivity contribution in [3.8, 4) is 5.69 Å². The van der Waals surface area contributed by atoms with Crippen molar-refractivity contribution in [2.45, 2.75) is 33.9 Å². The first-order valence-corrected chi connectivity index (χ1v) is 10.9. The van der Waals surface area contributed by atoms with Crippen LogP contribution in [-0.4, -0.2) is 63.4 Å². The normalized spacial score (nSPS) is 15.5. The maximum atomic E-state index is 4.98. The molecule has 1 aromatic carbocycles. The van der Waals surface area contributed by atoms with Gasteiger partial charge in [0, 0.05) is 51.0 Å². The minimum atomic E-state index is 0.607. The fourth-order valence-electron chi connectivity index (χ4n) is 3.98. The minimum absolute atomic E-state index is 0.607. The number of guanidine groups is 1. The highest BCUT2D eigenvalue weighted by Gasteiger charge is 2.20. The van der Waals surface area contributed by atoms with Crippen LogP contribution in [0.15, 0.2) is 52.2 Å². The Kier molecular flexibility index (Phi) is 6.66. The van der Waals surface area contributed by atoms with Gasteiger partial charge in [0.05, 0.1) is 23.6 Å². The molecule has 1 fully saturated rings. The number of para-hydroxylation sites is 1. The fraction of sp³-hybridized carbons (Fsp3) is 0.435. The zero-order valence-corrected chi connectivity index (χ0v) is 18.6. The second kappa shape index (κ2) is 9.78. The second-order valence-electron chi connectivity index (χ2n) is 7.89. The molecule has 0 aliphatic carbocycles. The number of hydrogen-bond acceptors (Lipinski definition) is 5. The molecule has 4 rings (SSSR count). The second-order valence-corrected chi connectivity index (χ2v) is 7.89. The van der Waals surface area contributed by atoms with E-state index in [1.165, 1.54) is 0 Å². The van der Waals surface area contributed by atoms with Gasteiger partial charge in [-0.15, -0.1) is 0 Å². The van der Waals surface area contributed by atoms with E-state index in [0.717, 1.165) is 73.6 Å². The summed E-state index contributed by atoms with van der Waals surface area (Å²) >= 11 is 0. The Bertz CT molecular complexity index is 1000. The van der Waals surface area contributed by atoms with Crippen molar-refractivity contribution in [2.75, 3.05) is 32.7 Å². The van der Waals surface area contributed by atoms with Crippen LogP contribution in [0.5, 0.6) is 0 Å². The van der Waals surface area contributed by atoms with Gasteiger partial charge in [0.25, 0.3) is 0 Å².